The molecule has 8 heteroatoms. The van der Waals surface area contributed by atoms with Gasteiger partial charge >= 0.3 is 6.18 Å². The van der Waals surface area contributed by atoms with Gasteiger partial charge in [0.25, 0.3) is 0 Å². The molecule has 0 fully saturated rings. The minimum absolute atomic E-state index is 0.0406. The second-order valence-corrected chi connectivity index (χ2v) is 8.46. The second-order valence-electron chi connectivity index (χ2n) is 7.58. The fourth-order valence-electron chi connectivity index (χ4n) is 3.33. The van der Waals surface area contributed by atoms with Crippen LogP contribution in [0.1, 0.15) is 25.1 Å². The molecule has 0 aliphatic rings. The topological polar surface area (TPSA) is 59.2 Å². The molecule has 160 valence electrons. The van der Waals surface area contributed by atoms with Crippen LogP contribution in [0.25, 0.3) is 33.6 Å². The van der Waals surface area contributed by atoms with E-state index in [2.05, 4.69) is 9.97 Å². The molecule has 0 atom stereocenters. The van der Waals surface area contributed by atoms with Crippen molar-refractivity contribution in [3.63, 3.8) is 0 Å². The van der Waals surface area contributed by atoms with E-state index in [1.165, 1.54) is 23.9 Å². The SMILES string of the molecule is CSc1ccc(-c2cc3nccc(-c4ccnc(C(C)(C)O)c4)c3o2)c(C(F)(F)F)c1. The number of halogens is 3. The molecule has 3 heterocycles. The van der Waals surface area contributed by atoms with Crippen molar-refractivity contribution in [2.24, 2.45) is 0 Å². The maximum absolute atomic E-state index is 13.7. The summed E-state index contributed by atoms with van der Waals surface area (Å²) in [5.41, 5.74) is 0.705. The molecule has 0 aliphatic carbocycles. The van der Waals surface area contributed by atoms with Crippen LogP contribution in [0.3, 0.4) is 0 Å². The maximum Gasteiger partial charge on any atom is 0.417 e. The van der Waals surface area contributed by atoms with Gasteiger partial charge < -0.3 is 9.52 Å². The first-order valence-electron chi connectivity index (χ1n) is 9.41. The maximum atomic E-state index is 13.7. The Morgan fingerprint density at radius 2 is 1.68 bits per heavy atom. The minimum atomic E-state index is -4.52. The zero-order valence-electron chi connectivity index (χ0n) is 17.0. The summed E-state index contributed by atoms with van der Waals surface area (Å²) in [5.74, 6) is 0.0895. The summed E-state index contributed by atoms with van der Waals surface area (Å²) >= 11 is 1.24. The van der Waals surface area contributed by atoms with Crippen LogP contribution in [0.4, 0.5) is 13.2 Å². The molecule has 3 aromatic heterocycles. The van der Waals surface area contributed by atoms with Crippen LogP contribution in [0.2, 0.25) is 0 Å². The Morgan fingerprint density at radius 1 is 0.935 bits per heavy atom. The van der Waals surface area contributed by atoms with E-state index in [-0.39, 0.29) is 11.3 Å². The van der Waals surface area contributed by atoms with E-state index >= 15 is 0 Å². The van der Waals surface area contributed by atoms with Gasteiger partial charge in [-0.2, -0.15) is 13.2 Å². The number of furan rings is 1. The molecule has 4 nitrogen and oxygen atoms in total. The smallest absolute Gasteiger partial charge is 0.417 e. The van der Waals surface area contributed by atoms with Crippen LogP contribution in [-0.4, -0.2) is 21.3 Å². The zero-order chi connectivity index (χ0) is 22.4. The fourth-order valence-corrected chi connectivity index (χ4v) is 3.77. The van der Waals surface area contributed by atoms with Crippen molar-refractivity contribution in [3.8, 4) is 22.5 Å². The average Bonchev–Trinajstić information content (AvgIpc) is 3.16. The number of hydrogen-bond donors (Lipinski definition) is 1. The van der Waals surface area contributed by atoms with Crippen LogP contribution in [0.5, 0.6) is 0 Å². The largest absolute Gasteiger partial charge is 0.454 e. The number of alkyl halides is 3. The van der Waals surface area contributed by atoms with Gasteiger partial charge in [-0.1, -0.05) is 0 Å². The highest BCUT2D eigenvalue weighted by molar-refractivity contribution is 7.98. The molecule has 31 heavy (non-hydrogen) atoms. The Hall–Kier alpha value is -2.84. The summed E-state index contributed by atoms with van der Waals surface area (Å²) in [5, 5.41) is 10.3. The molecule has 0 spiro atoms. The van der Waals surface area contributed by atoms with Crippen molar-refractivity contribution in [3.05, 3.63) is 66.1 Å². The predicted molar refractivity (Wildman–Crippen MR) is 115 cm³/mol. The molecule has 4 aromatic rings. The second kappa shape index (κ2) is 7.69. The summed E-state index contributed by atoms with van der Waals surface area (Å²) in [4.78, 5) is 8.98. The monoisotopic (exact) mass is 444 g/mol. The number of hydrogen-bond acceptors (Lipinski definition) is 5. The Bertz CT molecular complexity index is 1260. The normalized spacial score (nSPS) is 12.5. The standard InChI is InChI=1S/C23H19F3N2O2S/c1-22(2,29)20-10-13(6-8-28-20)15-7-9-27-18-12-19(30-21(15)18)16-5-4-14(31-3)11-17(16)23(24,25)26/h4-12,29H,1-3H3. The number of benzene rings is 1. The van der Waals surface area contributed by atoms with Crippen molar-refractivity contribution in [2.45, 2.75) is 30.5 Å². The Balaban J connectivity index is 1.89. The van der Waals surface area contributed by atoms with Crippen LogP contribution < -0.4 is 0 Å². The third kappa shape index (κ3) is 4.18. The molecular formula is C23H19F3N2O2S. The Kier molecular flexibility index (Phi) is 5.31. The highest BCUT2D eigenvalue weighted by Crippen LogP contribution is 2.41. The molecule has 0 radical (unpaired) electrons. The highest BCUT2D eigenvalue weighted by atomic mass is 32.2. The Labute approximate surface area is 181 Å². The summed E-state index contributed by atoms with van der Waals surface area (Å²) in [6, 6.07) is 10.9. The lowest BCUT2D eigenvalue weighted by molar-refractivity contribution is -0.137. The molecule has 0 bridgehead atoms. The van der Waals surface area contributed by atoms with Gasteiger partial charge in [0, 0.05) is 34.5 Å². The molecule has 0 aliphatic heterocycles. The number of pyridine rings is 2. The molecular weight excluding hydrogens is 425 g/mol. The summed E-state index contributed by atoms with van der Waals surface area (Å²) in [6.07, 6.45) is 0.344. The molecule has 1 aromatic carbocycles. The summed E-state index contributed by atoms with van der Waals surface area (Å²) < 4.78 is 47.0. The number of rotatable bonds is 4. The van der Waals surface area contributed by atoms with Crippen LogP contribution >= 0.6 is 11.8 Å². The van der Waals surface area contributed by atoms with Crippen molar-refractivity contribution in [2.75, 3.05) is 6.26 Å². The first-order chi connectivity index (χ1) is 14.6. The third-order valence-electron chi connectivity index (χ3n) is 4.91. The lowest BCUT2D eigenvalue weighted by atomic mass is 10.00. The summed E-state index contributed by atoms with van der Waals surface area (Å²) in [6.45, 7) is 3.26. The van der Waals surface area contributed by atoms with Gasteiger partial charge in [0.1, 0.15) is 16.9 Å². The number of thioether (sulfide) groups is 1. The summed E-state index contributed by atoms with van der Waals surface area (Å²) in [7, 11) is 0. The molecule has 1 N–H and O–H groups in total. The van der Waals surface area contributed by atoms with Crippen LogP contribution in [0, 0.1) is 0 Å². The number of aliphatic hydroxyl groups is 1. The van der Waals surface area contributed by atoms with E-state index in [9.17, 15) is 18.3 Å². The van der Waals surface area contributed by atoms with Gasteiger partial charge in [-0.25, -0.2) is 0 Å². The van der Waals surface area contributed by atoms with Gasteiger partial charge in [-0.3, -0.25) is 9.97 Å². The minimum Gasteiger partial charge on any atom is -0.454 e. The average molecular weight is 444 g/mol. The van der Waals surface area contributed by atoms with E-state index in [1.807, 2.05) is 0 Å². The van der Waals surface area contributed by atoms with Crippen molar-refractivity contribution in [1.82, 2.24) is 9.97 Å². The predicted octanol–water partition coefficient (Wildman–Crippen LogP) is 6.52. The van der Waals surface area contributed by atoms with Crippen LogP contribution in [0.15, 0.2) is 64.2 Å². The first-order valence-corrected chi connectivity index (χ1v) is 10.6. The van der Waals surface area contributed by atoms with E-state index < -0.39 is 17.3 Å². The molecule has 0 unspecified atom stereocenters. The van der Waals surface area contributed by atoms with Crippen molar-refractivity contribution >= 4 is 22.9 Å². The molecule has 0 amide bonds. The lowest BCUT2D eigenvalue weighted by Crippen LogP contribution is -2.17. The van der Waals surface area contributed by atoms with Crippen LogP contribution in [-0.2, 0) is 11.8 Å². The van der Waals surface area contributed by atoms with Gasteiger partial charge in [0.15, 0.2) is 5.58 Å². The first kappa shape index (κ1) is 21.4. The number of nitrogens with zero attached hydrogens (tertiary/aromatic N) is 2. The van der Waals surface area contributed by atoms with E-state index in [4.69, 9.17) is 4.42 Å². The van der Waals surface area contributed by atoms with Crippen molar-refractivity contribution in [1.29, 1.82) is 0 Å². The fraction of sp³-hybridized carbons (Fsp3) is 0.217. The third-order valence-corrected chi connectivity index (χ3v) is 5.63. The van der Waals surface area contributed by atoms with E-state index in [0.717, 1.165) is 6.07 Å². The van der Waals surface area contributed by atoms with E-state index in [1.54, 1.807) is 56.8 Å². The van der Waals surface area contributed by atoms with Gasteiger partial charge in [0.2, 0.25) is 0 Å². The molecule has 0 saturated heterocycles. The van der Waals surface area contributed by atoms with Gasteiger partial charge in [0.05, 0.1) is 11.3 Å². The van der Waals surface area contributed by atoms with Crippen molar-refractivity contribution < 1.29 is 22.7 Å². The molecule has 0 saturated carbocycles. The van der Waals surface area contributed by atoms with E-state index in [0.29, 0.717) is 32.8 Å². The number of aromatic nitrogens is 2. The Morgan fingerprint density at radius 3 is 2.35 bits per heavy atom. The lowest BCUT2D eigenvalue weighted by Gasteiger charge is -2.17. The highest BCUT2D eigenvalue weighted by Gasteiger charge is 2.35. The quantitative estimate of drug-likeness (QED) is 0.363. The van der Waals surface area contributed by atoms with Gasteiger partial charge in [-0.15, -0.1) is 11.8 Å². The zero-order valence-corrected chi connectivity index (χ0v) is 17.8. The molecule has 4 rings (SSSR count). The number of fused-ring (bicyclic) bond motifs is 1. The van der Waals surface area contributed by atoms with Gasteiger partial charge in [-0.05, 0) is 62.1 Å².